The van der Waals surface area contributed by atoms with Crippen LogP contribution in [-0.2, 0) is 4.79 Å². The van der Waals surface area contributed by atoms with Gasteiger partial charge in [0.2, 0.25) is 0 Å². The van der Waals surface area contributed by atoms with Crippen molar-refractivity contribution >= 4 is 40.9 Å². The van der Waals surface area contributed by atoms with Crippen molar-refractivity contribution < 1.29 is 14.3 Å². The SMILES string of the molecule is CCCCCCOc1ccc(/C=C(\C#N)C(=O)Nc2ccc(Cl)cc2Cl)cc1OC. The van der Waals surface area contributed by atoms with E-state index in [-0.39, 0.29) is 10.6 Å². The summed E-state index contributed by atoms with van der Waals surface area (Å²) in [6.45, 7) is 2.77. The zero-order valence-corrected chi connectivity index (χ0v) is 18.5. The Morgan fingerprint density at radius 3 is 2.60 bits per heavy atom. The average Bonchev–Trinajstić information content (AvgIpc) is 2.74. The van der Waals surface area contributed by atoms with Gasteiger partial charge in [-0.15, -0.1) is 0 Å². The predicted octanol–water partition coefficient (Wildman–Crippen LogP) is 6.51. The van der Waals surface area contributed by atoms with Crippen molar-refractivity contribution in [1.82, 2.24) is 0 Å². The molecule has 2 aromatic carbocycles. The van der Waals surface area contributed by atoms with E-state index in [9.17, 15) is 10.1 Å². The van der Waals surface area contributed by atoms with Crippen LogP contribution in [0.5, 0.6) is 11.5 Å². The number of benzene rings is 2. The van der Waals surface area contributed by atoms with E-state index >= 15 is 0 Å². The summed E-state index contributed by atoms with van der Waals surface area (Å²) in [4.78, 5) is 12.5. The molecule has 0 aromatic heterocycles. The Morgan fingerprint density at radius 2 is 1.93 bits per heavy atom. The summed E-state index contributed by atoms with van der Waals surface area (Å²) in [7, 11) is 1.55. The van der Waals surface area contributed by atoms with Crippen molar-refractivity contribution in [1.29, 1.82) is 5.26 Å². The van der Waals surface area contributed by atoms with Gasteiger partial charge < -0.3 is 14.8 Å². The second kappa shape index (κ2) is 12.1. The fourth-order valence-corrected chi connectivity index (χ4v) is 3.16. The second-order valence-corrected chi connectivity index (χ2v) is 7.41. The molecule has 5 nitrogen and oxygen atoms in total. The maximum Gasteiger partial charge on any atom is 0.266 e. The zero-order chi connectivity index (χ0) is 21.9. The van der Waals surface area contributed by atoms with Crippen LogP contribution in [0, 0.1) is 11.3 Å². The number of hydrogen-bond acceptors (Lipinski definition) is 4. The van der Waals surface area contributed by atoms with Gasteiger partial charge in [0.25, 0.3) is 5.91 Å². The molecule has 0 aliphatic rings. The Kier molecular flexibility index (Phi) is 9.53. The number of methoxy groups -OCH3 is 1. The van der Waals surface area contributed by atoms with Gasteiger partial charge >= 0.3 is 0 Å². The number of carbonyl (C=O) groups excluding carboxylic acids is 1. The summed E-state index contributed by atoms with van der Waals surface area (Å²) >= 11 is 11.9. The molecule has 2 aromatic rings. The molecule has 0 spiro atoms. The highest BCUT2D eigenvalue weighted by Crippen LogP contribution is 2.30. The molecular formula is C23H24Cl2N2O3. The lowest BCUT2D eigenvalue weighted by molar-refractivity contribution is -0.112. The van der Waals surface area contributed by atoms with E-state index < -0.39 is 5.91 Å². The van der Waals surface area contributed by atoms with Crippen molar-refractivity contribution in [3.8, 4) is 17.6 Å². The fraction of sp³-hybridized carbons (Fsp3) is 0.304. The minimum Gasteiger partial charge on any atom is -0.493 e. The first-order valence-electron chi connectivity index (χ1n) is 9.67. The standard InChI is InChI=1S/C23H24Cl2N2O3/c1-3-4-5-6-11-30-21-10-7-16(13-22(21)29-2)12-17(15-26)23(28)27-20-9-8-18(24)14-19(20)25/h7-10,12-14H,3-6,11H2,1-2H3,(H,27,28)/b17-12+. The number of hydrogen-bond donors (Lipinski definition) is 1. The first-order chi connectivity index (χ1) is 14.5. The number of halogens is 2. The maximum absolute atomic E-state index is 12.5. The van der Waals surface area contributed by atoms with Crippen molar-refractivity contribution in [2.24, 2.45) is 0 Å². The van der Waals surface area contributed by atoms with E-state index in [1.54, 1.807) is 37.4 Å². The van der Waals surface area contributed by atoms with Crippen LogP contribution in [0.1, 0.15) is 38.2 Å². The molecule has 2 rings (SSSR count). The Bertz CT molecular complexity index is 952. The first kappa shape index (κ1) is 23.6. The number of unbranched alkanes of at least 4 members (excludes halogenated alkanes) is 3. The summed E-state index contributed by atoms with van der Waals surface area (Å²) in [6.07, 6.45) is 5.93. The summed E-state index contributed by atoms with van der Waals surface area (Å²) in [5.41, 5.74) is 0.937. The van der Waals surface area contributed by atoms with Crippen LogP contribution in [0.2, 0.25) is 10.0 Å². The summed E-state index contributed by atoms with van der Waals surface area (Å²) in [5, 5.41) is 12.8. The Labute approximate surface area is 187 Å². The van der Waals surface area contributed by atoms with Gasteiger partial charge in [-0.25, -0.2) is 0 Å². The van der Waals surface area contributed by atoms with E-state index in [1.807, 2.05) is 6.07 Å². The van der Waals surface area contributed by atoms with Crippen molar-refractivity contribution in [2.75, 3.05) is 19.0 Å². The molecular weight excluding hydrogens is 423 g/mol. The Hall–Kier alpha value is -2.68. The average molecular weight is 447 g/mol. The van der Waals surface area contributed by atoms with Crippen LogP contribution in [-0.4, -0.2) is 19.6 Å². The minimum absolute atomic E-state index is 0.0729. The van der Waals surface area contributed by atoms with E-state index in [4.69, 9.17) is 32.7 Å². The third kappa shape index (κ3) is 6.98. The van der Waals surface area contributed by atoms with Crippen LogP contribution < -0.4 is 14.8 Å². The maximum atomic E-state index is 12.5. The number of nitriles is 1. The molecule has 0 aliphatic carbocycles. The molecule has 0 unspecified atom stereocenters. The number of rotatable bonds is 10. The molecule has 1 N–H and O–H groups in total. The molecule has 1 amide bonds. The zero-order valence-electron chi connectivity index (χ0n) is 17.0. The van der Waals surface area contributed by atoms with Gasteiger partial charge in [-0.2, -0.15) is 5.26 Å². The fourth-order valence-electron chi connectivity index (χ4n) is 2.70. The molecule has 0 bridgehead atoms. The van der Waals surface area contributed by atoms with Crippen LogP contribution in [0.3, 0.4) is 0 Å². The topological polar surface area (TPSA) is 71.3 Å². The molecule has 0 heterocycles. The predicted molar refractivity (Wildman–Crippen MR) is 121 cm³/mol. The molecule has 0 aliphatic heterocycles. The number of nitrogens with zero attached hydrogens (tertiary/aromatic N) is 1. The van der Waals surface area contributed by atoms with Crippen molar-refractivity contribution in [3.05, 3.63) is 57.6 Å². The second-order valence-electron chi connectivity index (χ2n) is 6.57. The molecule has 0 atom stereocenters. The van der Waals surface area contributed by atoms with Gasteiger partial charge in [-0.05, 0) is 48.4 Å². The van der Waals surface area contributed by atoms with E-state index in [0.717, 1.165) is 12.8 Å². The number of anilines is 1. The van der Waals surface area contributed by atoms with Crippen LogP contribution in [0.4, 0.5) is 5.69 Å². The van der Waals surface area contributed by atoms with Crippen molar-refractivity contribution in [2.45, 2.75) is 32.6 Å². The van der Waals surface area contributed by atoms with E-state index in [1.165, 1.54) is 25.0 Å². The molecule has 7 heteroatoms. The number of amides is 1. The smallest absolute Gasteiger partial charge is 0.266 e. The molecule has 0 radical (unpaired) electrons. The minimum atomic E-state index is -0.572. The third-order valence-corrected chi connectivity index (χ3v) is 4.85. The van der Waals surface area contributed by atoms with Gasteiger partial charge in [0, 0.05) is 5.02 Å². The number of carbonyl (C=O) groups is 1. The summed E-state index contributed by atoms with van der Waals surface area (Å²) in [6, 6.07) is 11.9. The highest BCUT2D eigenvalue weighted by Gasteiger charge is 2.13. The largest absolute Gasteiger partial charge is 0.493 e. The monoisotopic (exact) mass is 446 g/mol. The van der Waals surface area contributed by atoms with Crippen LogP contribution in [0.25, 0.3) is 6.08 Å². The summed E-state index contributed by atoms with van der Waals surface area (Å²) in [5.74, 6) is 0.594. The summed E-state index contributed by atoms with van der Waals surface area (Å²) < 4.78 is 11.2. The van der Waals surface area contributed by atoms with Gasteiger partial charge in [0.05, 0.1) is 24.4 Å². The Balaban J connectivity index is 2.12. The van der Waals surface area contributed by atoms with Gasteiger partial charge in [0.15, 0.2) is 11.5 Å². The van der Waals surface area contributed by atoms with E-state index in [0.29, 0.717) is 34.4 Å². The Morgan fingerprint density at radius 1 is 1.13 bits per heavy atom. The molecule has 30 heavy (non-hydrogen) atoms. The quantitative estimate of drug-likeness (QED) is 0.256. The molecule has 158 valence electrons. The van der Waals surface area contributed by atoms with E-state index in [2.05, 4.69) is 12.2 Å². The molecule has 0 saturated carbocycles. The number of ether oxygens (including phenoxy) is 2. The lowest BCUT2D eigenvalue weighted by atomic mass is 10.1. The molecule has 0 saturated heterocycles. The third-order valence-electron chi connectivity index (χ3n) is 4.30. The van der Waals surface area contributed by atoms with Gasteiger partial charge in [0.1, 0.15) is 11.6 Å². The lowest BCUT2D eigenvalue weighted by Gasteiger charge is -2.11. The highest BCUT2D eigenvalue weighted by atomic mass is 35.5. The normalized spacial score (nSPS) is 11.0. The van der Waals surface area contributed by atoms with Crippen LogP contribution >= 0.6 is 23.2 Å². The first-order valence-corrected chi connectivity index (χ1v) is 10.4. The van der Waals surface area contributed by atoms with Crippen LogP contribution in [0.15, 0.2) is 42.0 Å². The van der Waals surface area contributed by atoms with Gasteiger partial charge in [-0.3, -0.25) is 4.79 Å². The highest BCUT2D eigenvalue weighted by molar-refractivity contribution is 6.36. The van der Waals surface area contributed by atoms with Gasteiger partial charge in [-0.1, -0.05) is 55.5 Å². The van der Waals surface area contributed by atoms with Crippen molar-refractivity contribution in [3.63, 3.8) is 0 Å². The lowest BCUT2D eigenvalue weighted by Crippen LogP contribution is -2.13. The number of nitrogens with one attached hydrogen (secondary N) is 1. The molecule has 0 fully saturated rings.